The zero-order chi connectivity index (χ0) is 23.6. The minimum atomic E-state index is -2.67. The molecule has 0 saturated heterocycles. The van der Waals surface area contributed by atoms with Crippen molar-refractivity contribution in [3.05, 3.63) is 45.5 Å². The Morgan fingerprint density at radius 2 is 1.85 bits per heavy atom. The summed E-state index contributed by atoms with van der Waals surface area (Å²) in [5, 5.41) is 4.70. The van der Waals surface area contributed by atoms with Crippen molar-refractivity contribution >= 4 is 61.9 Å². The Morgan fingerprint density at radius 3 is 2.52 bits per heavy atom. The van der Waals surface area contributed by atoms with Crippen LogP contribution in [0.4, 0.5) is 17.1 Å². The van der Waals surface area contributed by atoms with Crippen molar-refractivity contribution in [1.29, 1.82) is 0 Å². The smallest absolute Gasteiger partial charge is 0.171 e. The number of anilines is 1. The number of nitrogen functional groups attached to an aromatic ring is 1. The van der Waals surface area contributed by atoms with Crippen molar-refractivity contribution in [3.8, 4) is 23.0 Å². The van der Waals surface area contributed by atoms with Crippen molar-refractivity contribution in [1.82, 2.24) is 4.98 Å². The van der Waals surface area contributed by atoms with Gasteiger partial charge in [0.2, 0.25) is 0 Å². The van der Waals surface area contributed by atoms with E-state index in [0.29, 0.717) is 11.1 Å². The zero-order valence-electron chi connectivity index (χ0n) is 16.9. The number of aromatic nitrogens is 1. The van der Waals surface area contributed by atoms with Crippen LogP contribution >= 0.6 is 11.6 Å². The van der Waals surface area contributed by atoms with Gasteiger partial charge in [0.05, 0.1) is 25.9 Å². The summed E-state index contributed by atoms with van der Waals surface area (Å²) in [5.41, 5.74) is 7.34. The molecule has 2 aromatic carbocycles. The molecule has 0 fully saturated rings. The van der Waals surface area contributed by atoms with Crippen molar-refractivity contribution in [2.24, 2.45) is 4.99 Å². The van der Waals surface area contributed by atoms with Gasteiger partial charge in [0.1, 0.15) is 22.7 Å². The van der Waals surface area contributed by atoms with Crippen LogP contribution in [0.5, 0.6) is 11.5 Å². The summed E-state index contributed by atoms with van der Waals surface area (Å²) in [6.45, 7) is 1.68. The molecule has 0 saturated carbocycles. The van der Waals surface area contributed by atoms with Crippen molar-refractivity contribution in [3.63, 3.8) is 0 Å². The highest BCUT2D eigenvalue weighted by molar-refractivity contribution is 7.79. The van der Waals surface area contributed by atoms with E-state index in [-0.39, 0.29) is 65.8 Å². The normalized spacial score (nSPS) is 15.0. The number of halogens is 1. The molecule has 0 aromatic heterocycles. The Morgan fingerprint density at radius 1 is 1.12 bits per heavy atom. The van der Waals surface area contributed by atoms with Gasteiger partial charge in [-0.05, 0) is 47.3 Å². The lowest BCUT2D eigenvalue weighted by atomic mass is 10.1. The molecule has 3 aliphatic rings. The van der Waals surface area contributed by atoms with Gasteiger partial charge in [-0.3, -0.25) is 13.4 Å². The van der Waals surface area contributed by atoms with Gasteiger partial charge in [0.25, 0.3) is 0 Å². The molecule has 0 radical (unpaired) electrons. The first-order chi connectivity index (χ1) is 15.7. The molecule has 10 nitrogen and oxygen atoms in total. The summed E-state index contributed by atoms with van der Waals surface area (Å²) >= 11 is 1.29. The van der Waals surface area contributed by atoms with Crippen LogP contribution in [-0.2, 0) is 22.2 Å². The molecule has 2 atom stereocenters. The van der Waals surface area contributed by atoms with Gasteiger partial charge < -0.3 is 29.3 Å². The minimum Gasteiger partial charge on any atom is -0.768 e. The fourth-order valence-electron chi connectivity index (χ4n) is 3.66. The van der Waals surface area contributed by atoms with Gasteiger partial charge in [-0.2, -0.15) is 0 Å². The molecule has 2 heterocycles. The van der Waals surface area contributed by atoms with Crippen molar-refractivity contribution in [2.45, 2.75) is 16.7 Å². The first-order valence-corrected chi connectivity index (χ1v) is 11.8. The second-order valence-electron chi connectivity index (χ2n) is 7.01. The largest absolute Gasteiger partial charge is 0.768 e. The van der Waals surface area contributed by atoms with Gasteiger partial charge in [-0.25, -0.2) is 4.98 Å². The van der Waals surface area contributed by atoms with Crippen LogP contribution in [0.2, 0.25) is 5.02 Å². The molecule has 5 rings (SSSR count). The Kier molecular flexibility index (Phi) is 5.14. The molecule has 2 unspecified atom stereocenters. The number of benzene rings is 3. The Bertz CT molecular complexity index is 1590. The lowest BCUT2D eigenvalue weighted by molar-refractivity contribution is 0.461. The zero-order valence-corrected chi connectivity index (χ0v) is 19.3. The van der Waals surface area contributed by atoms with E-state index < -0.39 is 22.2 Å². The highest BCUT2D eigenvalue weighted by atomic mass is 35.5. The average Bonchev–Trinajstić information content (AvgIpc) is 2.79. The molecule has 0 amide bonds. The van der Waals surface area contributed by atoms with Crippen LogP contribution in [0.15, 0.2) is 43.5 Å². The van der Waals surface area contributed by atoms with E-state index in [2.05, 4.69) is 15.3 Å². The number of aryl methyl sites for hydroxylation is 1. The van der Waals surface area contributed by atoms with Crippen LogP contribution in [0, 0.1) is 6.92 Å². The number of ether oxygens (including phenoxy) is 1. The highest BCUT2D eigenvalue weighted by Crippen LogP contribution is 2.58. The standard InChI is InChI=1S/C20H14ClN4O6S2/c1-7-13-18(31-17-10(24-13)5-6-11(23-2)20(17)33(28)29)12(21)14-15(7)30-16-9(25-14)4-3-8(22)19(16)32(26)27/h3-6H,22H2,1-2H3,(H,26,27)(H,28,29)/q-1/p-2. The maximum Gasteiger partial charge on any atom is 0.171 e. The van der Waals surface area contributed by atoms with Crippen LogP contribution in [0.25, 0.3) is 27.9 Å². The number of rotatable bonds is 2. The lowest BCUT2D eigenvalue weighted by Gasteiger charge is -2.37. The summed E-state index contributed by atoms with van der Waals surface area (Å²) in [4.78, 5) is 8.15. The summed E-state index contributed by atoms with van der Waals surface area (Å²) in [6, 6.07) is 5.99. The third kappa shape index (κ3) is 3.21. The van der Waals surface area contributed by atoms with E-state index in [1.807, 2.05) is 0 Å². The Labute approximate surface area is 196 Å². The van der Waals surface area contributed by atoms with Crippen molar-refractivity contribution < 1.29 is 26.7 Å². The third-order valence-electron chi connectivity index (χ3n) is 5.17. The molecule has 33 heavy (non-hydrogen) atoms. The lowest BCUT2D eigenvalue weighted by Crippen LogP contribution is -2.14. The van der Waals surface area contributed by atoms with Gasteiger partial charge in [-0.1, -0.05) is 29.0 Å². The molecular formula is C20H12ClN4O6S2-3. The first kappa shape index (κ1) is 21.8. The van der Waals surface area contributed by atoms with E-state index in [9.17, 15) is 17.5 Å². The third-order valence-corrected chi connectivity index (χ3v) is 7.01. The van der Waals surface area contributed by atoms with Crippen LogP contribution < -0.4 is 15.8 Å². The van der Waals surface area contributed by atoms with Crippen LogP contribution in [0.3, 0.4) is 0 Å². The summed E-state index contributed by atoms with van der Waals surface area (Å²) in [5.74, 6) is 0.159. The summed E-state index contributed by atoms with van der Waals surface area (Å²) < 4.78 is 59.1. The molecule has 170 valence electrons. The monoisotopic (exact) mass is 503 g/mol. The maximum atomic E-state index is 11.9. The van der Waals surface area contributed by atoms with E-state index in [1.54, 1.807) is 13.0 Å². The molecule has 2 N–H and O–H groups in total. The van der Waals surface area contributed by atoms with E-state index in [0.717, 1.165) is 0 Å². The van der Waals surface area contributed by atoms with Gasteiger partial charge in [-0.15, -0.1) is 0 Å². The predicted molar refractivity (Wildman–Crippen MR) is 120 cm³/mol. The molecule has 2 aromatic rings. The minimum absolute atomic E-state index is 0.00544. The summed E-state index contributed by atoms with van der Waals surface area (Å²) in [7, 11) is 1.46. The molecule has 0 bridgehead atoms. The maximum absolute atomic E-state index is 11.9. The topological polar surface area (TPSA) is 168 Å². The SMILES string of the molecule is CN=c1ccc2nc3c(C)c4c(c(Cl)c3oc-2c1S(=O)[O-])[N-]c1ccc(N)c(S(=O)[O-])c1O4. The molecule has 13 heteroatoms. The van der Waals surface area contributed by atoms with Crippen LogP contribution in [0.1, 0.15) is 5.56 Å². The average molecular weight is 504 g/mol. The number of fused-ring (bicyclic) bond motifs is 4. The van der Waals surface area contributed by atoms with E-state index in [1.165, 1.54) is 25.2 Å². The number of hydrogen-bond acceptors (Lipinski definition) is 9. The molecule has 0 spiro atoms. The highest BCUT2D eigenvalue weighted by Gasteiger charge is 2.25. The predicted octanol–water partition coefficient (Wildman–Crippen LogP) is 3.93. The quantitative estimate of drug-likeness (QED) is 0.214. The fourth-order valence-corrected chi connectivity index (χ4v) is 5.10. The van der Waals surface area contributed by atoms with Crippen LogP contribution in [-0.4, -0.2) is 29.6 Å². The molecule has 1 aliphatic carbocycles. The van der Waals surface area contributed by atoms with E-state index in [4.69, 9.17) is 26.5 Å². The number of hydrogen-bond donors (Lipinski definition) is 1. The number of nitrogens with two attached hydrogens (primary N) is 1. The Balaban J connectivity index is 1.84. The summed E-state index contributed by atoms with van der Waals surface area (Å²) in [6.07, 6.45) is 0. The fraction of sp³-hybridized carbons (Fsp3) is 0.100. The second kappa shape index (κ2) is 7.78. The second-order valence-corrected chi connectivity index (χ2v) is 9.14. The Hall–Kier alpha value is -3.03. The first-order valence-electron chi connectivity index (χ1n) is 9.26. The van der Waals surface area contributed by atoms with Crippen molar-refractivity contribution in [2.75, 3.05) is 12.8 Å². The molecular weight excluding hydrogens is 492 g/mol. The number of nitrogens with zero attached hydrogens (tertiary/aromatic N) is 3. The van der Waals surface area contributed by atoms with Gasteiger partial charge in [0.15, 0.2) is 11.3 Å². The van der Waals surface area contributed by atoms with Gasteiger partial charge in [0, 0.05) is 12.6 Å². The van der Waals surface area contributed by atoms with E-state index >= 15 is 0 Å². The molecule has 2 aliphatic heterocycles. The van der Waals surface area contributed by atoms with Gasteiger partial charge >= 0.3 is 0 Å².